The first kappa shape index (κ1) is 16.0. The average molecular weight is 340 g/mol. The normalized spacial score (nSPS) is 24.8. The van der Waals surface area contributed by atoms with E-state index in [0.29, 0.717) is 24.1 Å². The van der Waals surface area contributed by atoms with Gasteiger partial charge in [0.15, 0.2) is 9.84 Å². The van der Waals surface area contributed by atoms with Gasteiger partial charge in [0.1, 0.15) is 5.25 Å². The molecule has 0 spiro atoms. The number of halogens is 1. The molecule has 0 aromatic rings. The second kappa shape index (κ2) is 6.89. The first-order chi connectivity index (χ1) is 8.36. The number of hydrogen-bond donors (Lipinski definition) is 1. The molecule has 1 amide bonds. The maximum atomic E-state index is 12.1. The number of sulfone groups is 1. The highest BCUT2D eigenvalue weighted by atomic mass is 79.9. The maximum absolute atomic E-state index is 12.1. The molecule has 1 fully saturated rings. The summed E-state index contributed by atoms with van der Waals surface area (Å²) in [5.74, 6) is 0.296. The van der Waals surface area contributed by atoms with Crippen LogP contribution in [0.4, 0.5) is 0 Å². The molecule has 18 heavy (non-hydrogen) atoms. The fraction of sp³-hybridized carbons (Fsp3) is 0.917. The Bertz CT molecular complexity index is 381. The summed E-state index contributed by atoms with van der Waals surface area (Å²) in [5, 5.41) is 2.68. The molecule has 6 heteroatoms. The van der Waals surface area contributed by atoms with Crippen molar-refractivity contribution in [1.82, 2.24) is 5.32 Å². The topological polar surface area (TPSA) is 63.2 Å². The largest absolute Gasteiger partial charge is 0.351 e. The first-order valence-corrected chi connectivity index (χ1v) is 9.28. The fourth-order valence-corrected chi connectivity index (χ4v) is 4.51. The fourth-order valence-electron chi connectivity index (χ4n) is 2.27. The Kier molecular flexibility index (Phi) is 6.11. The lowest BCUT2D eigenvalue weighted by molar-refractivity contribution is -0.121. The third-order valence-corrected chi connectivity index (χ3v) is 6.12. The van der Waals surface area contributed by atoms with E-state index < -0.39 is 15.1 Å². The summed E-state index contributed by atoms with van der Waals surface area (Å²) < 4.78 is 23.7. The quantitative estimate of drug-likeness (QED) is 0.778. The molecule has 0 saturated carbocycles. The van der Waals surface area contributed by atoms with Crippen LogP contribution in [0.2, 0.25) is 0 Å². The summed E-state index contributed by atoms with van der Waals surface area (Å²) in [6.07, 6.45) is 2.81. The van der Waals surface area contributed by atoms with Gasteiger partial charge in [0.25, 0.3) is 0 Å². The van der Waals surface area contributed by atoms with Crippen LogP contribution < -0.4 is 5.32 Å². The highest BCUT2D eigenvalue weighted by Crippen LogP contribution is 2.20. The summed E-state index contributed by atoms with van der Waals surface area (Å²) in [6.45, 7) is 4.17. The molecule has 0 bridgehead atoms. The third kappa shape index (κ3) is 4.53. The highest BCUT2D eigenvalue weighted by Gasteiger charge is 2.35. The second-order valence-corrected chi connectivity index (χ2v) is 8.29. The van der Waals surface area contributed by atoms with Gasteiger partial charge in [-0.2, -0.15) is 0 Å². The summed E-state index contributed by atoms with van der Waals surface area (Å²) in [7, 11) is -3.23. The second-order valence-electron chi connectivity index (χ2n) is 5.34. The van der Waals surface area contributed by atoms with Crippen LogP contribution in [0, 0.1) is 5.92 Å². The Morgan fingerprint density at radius 1 is 1.39 bits per heavy atom. The number of amides is 1. The monoisotopic (exact) mass is 339 g/mol. The molecule has 4 nitrogen and oxygen atoms in total. The van der Waals surface area contributed by atoms with Crippen LogP contribution in [0.1, 0.15) is 39.5 Å². The number of carbonyl (C=O) groups excluding carboxylic acids is 1. The Morgan fingerprint density at radius 3 is 2.56 bits per heavy atom. The Morgan fingerprint density at radius 2 is 2.06 bits per heavy atom. The van der Waals surface area contributed by atoms with Gasteiger partial charge in [0, 0.05) is 11.4 Å². The van der Waals surface area contributed by atoms with E-state index in [1.165, 1.54) is 0 Å². The zero-order valence-electron chi connectivity index (χ0n) is 11.0. The highest BCUT2D eigenvalue weighted by molar-refractivity contribution is 9.09. The van der Waals surface area contributed by atoms with Crippen LogP contribution in [-0.2, 0) is 14.6 Å². The van der Waals surface area contributed by atoms with Gasteiger partial charge in [0.2, 0.25) is 5.91 Å². The van der Waals surface area contributed by atoms with Crippen molar-refractivity contribution in [3.63, 3.8) is 0 Å². The number of carbonyl (C=O) groups is 1. The van der Waals surface area contributed by atoms with Gasteiger partial charge in [-0.15, -0.1) is 0 Å². The van der Waals surface area contributed by atoms with Crippen LogP contribution in [0.15, 0.2) is 0 Å². The number of nitrogens with one attached hydrogen (secondary N) is 1. The van der Waals surface area contributed by atoms with Crippen molar-refractivity contribution < 1.29 is 13.2 Å². The summed E-state index contributed by atoms with van der Waals surface area (Å²) in [5.41, 5.74) is 0. The molecular formula is C12H22BrNO3S. The molecule has 106 valence electrons. The predicted octanol–water partition coefficient (Wildman–Crippen LogP) is 1.88. The minimum atomic E-state index is -3.23. The van der Waals surface area contributed by atoms with E-state index in [-0.39, 0.29) is 17.7 Å². The van der Waals surface area contributed by atoms with Gasteiger partial charge < -0.3 is 5.32 Å². The molecule has 0 radical (unpaired) electrons. The van der Waals surface area contributed by atoms with E-state index in [1.54, 1.807) is 0 Å². The molecule has 0 aromatic heterocycles. The van der Waals surface area contributed by atoms with Crippen molar-refractivity contribution in [2.75, 3.05) is 11.1 Å². The van der Waals surface area contributed by atoms with E-state index in [1.807, 2.05) is 0 Å². The van der Waals surface area contributed by atoms with Gasteiger partial charge in [-0.05, 0) is 25.2 Å². The Labute approximate surface area is 118 Å². The maximum Gasteiger partial charge on any atom is 0.238 e. The summed E-state index contributed by atoms with van der Waals surface area (Å²) >= 11 is 3.36. The van der Waals surface area contributed by atoms with Crippen molar-refractivity contribution in [1.29, 1.82) is 0 Å². The van der Waals surface area contributed by atoms with Gasteiger partial charge in [-0.3, -0.25) is 4.79 Å². The van der Waals surface area contributed by atoms with Crippen LogP contribution in [0.3, 0.4) is 0 Å². The van der Waals surface area contributed by atoms with Gasteiger partial charge in [0.05, 0.1) is 5.75 Å². The van der Waals surface area contributed by atoms with E-state index >= 15 is 0 Å². The van der Waals surface area contributed by atoms with Gasteiger partial charge in [-0.1, -0.05) is 36.2 Å². The zero-order chi connectivity index (χ0) is 13.8. The van der Waals surface area contributed by atoms with Crippen molar-refractivity contribution in [3.05, 3.63) is 0 Å². The zero-order valence-corrected chi connectivity index (χ0v) is 13.4. The van der Waals surface area contributed by atoms with Crippen molar-refractivity contribution in [2.24, 2.45) is 5.92 Å². The summed E-state index contributed by atoms with van der Waals surface area (Å²) in [4.78, 5) is 12.1. The van der Waals surface area contributed by atoms with E-state index in [4.69, 9.17) is 0 Å². The third-order valence-electron chi connectivity index (χ3n) is 3.16. The van der Waals surface area contributed by atoms with Crippen LogP contribution in [0.25, 0.3) is 0 Å². The van der Waals surface area contributed by atoms with E-state index in [9.17, 15) is 13.2 Å². The Hall–Kier alpha value is -0.100. The molecule has 0 aromatic carbocycles. The lowest BCUT2D eigenvalue weighted by Crippen LogP contribution is -2.47. The van der Waals surface area contributed by atoms with Crippen LogP contribution >= 0.6 is 15.9 Å². The first-order valence-electron chi connectivity index (χ1n) is 6.44. The van der Waals surface area contributed by atoms with Crippen molar-refractivity contribution >= 4 is 31.7 Å². The van der Waals surface area contributed by atoms with E-state index in [2.05, 4.69) is 35.1 Å². The molecule has 1 aliphatic heterocycles. The molecule has 2 atom stereocenters. The molecule has 2 unspecified atom stereocenters. The summed E-state index contributed by atoms with van der Waals surface area (Å²) in [6, 6.07) is 0.00891. The number of alkyl halides is 1. The molecular weight excluding hydrogens is 318 g/mol. The van der Waals surface area contributed by atoms with Crippen molar-refractivity contribution in [3.8, 4) is 0 Å². The minimum Gasteiger partial charge on any atom is -0.351 e. The van der Waals surface area contributed by atoms with Gasteiger partial charge >= 0.3 is 0 Å². The molecule has 1 heterocycles. The lowest BCUT2D eigenvalue weighted by atomic mass is 10.0. The Balaban J connectivity index is 2.63. The van der Waals surface area contributed by atoms with Crippen molar-refractivity contribution in [2.45, 2.75) is 50.8 Å². The molecule has 0 aliphatic carbocycles. The molecule has 1 N–H and O–H groups in total. The predicted molar refractivity (Wildman–Crippen MR) is 76.6 cm³/mol. The number of hydrogen-bond acceptors (Lipinski definition) is 3. The minimum absolute atomic E-state index is 0.00891. The van der Waals surface area contributed by atoms with Gasteiger partial charge in [-0.25, -0.2) is 8.42 Å². The molecule has 1 aliphatic rings. The van der Waals surface area contributed by atoms with Crippen LogP contribution in [-0.4, -0.2) is 36.7 Å². The van der Waals surface area contributed by atoms with E-state index in [0.717, 1.165) is 12.8 Å². The molecule has 1 rings (SSSR count). The SMILES string of the molecule is CC(C)CC(CBr)NC(=O)C1CCCCS1(=O)=O. The average Bonchev–Trinajstić information content (AvgIpc) is 2.26. The molecule has 1 saturated heterocycles. The number of rotatable bonds is 5. The van der Waals surface area contributed by atoms with Crippen LogP contribution in [0.5, 0.6) is 0 Å². The lowest BCUT2D eigenvalue weighted by Gasteiger charge is -2.25. The standard InChI is InChI=1S/C12H22BrNO3S/c1-9(2)7-10(8-13)14-12(15)11-5-3-4-6-18(11,16)17/h9-11H,3-8H2,1-2H3,(H,14,15). The smallest absolute Gasteiger partial charge is 0.238 e.